The van der Waals surface area contributed by atoms with Crippen molar-refractivity contribution >= 4 is 65.8 Å². The third kappa shape index (κ3) is 4.94. The molecule has 0 aliphatic carbocycles. The zero-order valence-corrected chi connectivity index (χ0v) is 30.3. The number of fused-ring (bicyclic) bond motifs is 9. The molecule has 0 N–H and O–H groups in total. The lowest BCUT2D eigenvalue weighted by atomic mass is 9.93. The molecule has 0 fully saturated rings. The van der Waals surface area contributed by atoms with Crippen molar-refractivity contribution in [3.63, 3.8) is 0 Å². The molecule has 0 amide bonds. The second kappa shape index (κ2) is 12.3. The van der Waals surface area contributed by atoms with Crippen LogP contribution >= 0.6 is 0 Å². The van der Waals surface area contributed by atoms with E-state index in [-0.39, 0.29) is 0 Å². The van der Waals surface area contributed by atoms with E-state index in [4.69, 9.17) is 28.2 Å². The Morgan fingerprint density at radius 2 is 0.772 bits per heavy atom. The summed E-state index contributed by atoms with van der Waals surface area (Å²) >= 11 is 0. The number of nitrogens with zero attached hydrogens (tertiary/aromatic N) is 3. The van der Waals surface area contributed by atoms with Gasteiger partial charge in [-0.05, 0) is 47.5 Å². The highest BCUT2D eigenvalue weighted by Gasteiger charge is 2.22. The van der Waals surface area contributed by atoms with Crippen LogP contribution in [0.25, 0.3) is 122 Å². The standard InChI is InChI=1S/C51H29N3O3/c1-3-13-30(14-4-1)49-52-50(31-15-5-2-6-16-31)54-51(53-49)40-22-12-21-37-41-29-32(25-28-44(41)56-47(37)40)33-26-27-38(48-45(33)39-18-8-10-24-43(39)57-48)36-20-11-19-35-34-17-7-9-23-42(34)55-46(35)36/h1-29H. The van der Waals surface area contributed by atoms with Gasteiger partial charge < -0.3 is 13.3 Å². The molecular formula is C51H29N3O3. The second-order valence-electron chi connectivity index (χ2n) is 14.3. The molecule has 4 aromatic heterocycles. The summed E-state index contributed by atoms with van der Waals surface area (Å²) in [6.45, 7) is 0. The summed E-state index contributed by atoms with van der Waals surface area (Å²) < 4.78 is 19.9. The minimum Gasteiger partial charge on any atom is -0.455 e. The van der Waals surface area contributed by atoms with Gasteiger partial charge in [-0.15, -0.1) is 0 Å². The van der Waals surface area contributed by atoms with Crippen molar-refractivity contribution in [2.24, 2.45) is 0 Å². The first kappa shape index (κ1) is 31.5. The molecule has 8 aromatic carbocycles. The normalized spacial score (nSPS) is 11.9. The molecule has 4 heterocycles. The average molecular weight is 732 g/mol. The molecule has 266 valence electrons. The molecule has 0 aliphatic heterocycles. The van der Waals surface area contributed by atoms with E-state index >= 15 is 0 Å². The van der Waals surface area contributed by atoms with Crippen LogP contribution < -0.4 is 0 Å². The molecule has 6 heteroatoms. The Labute approximate surface area is 325 Å². The number of rotatable bonds is 5. The van der Waals surface area contributed by atoms with Crippen molar-refractivity contribution in [3.8, 4) is 56.4 Å². The van der Waals surface area contributed by atoms with Gasteiger partial charge in [0.1, 0.15) is 33.5 Å². The van der Waals surface area contributed by atoms with E-state index < -0.39 is 0 Å². The van der Waals surface area contributed by atoms with Crippen LogP contribution in [0, 0.1) is 0 Å². The molecule has 0 radical (unpaired) electrons. The van der Waals surface area contributed by atoms with Crippen LogP contribution in [-0.2, 0) is 0 Å². The third-order valence-corrected chi connectivity index (χ3v) is 11.0. The van der Waals surface area contributed by atoms with Gasteiger partial charge in [-0.25, -0.2) is 15.0 Å². The molecule has 12 rings (SSSR count). The van der Waals surface area contributed by atoms with Crippen molar-refractivity contribution in [3.05, 3.63) is 176 Å². The van der Waals surface area contributed by atoms with Crippen LogP contribution in [0.5, 0.6) is 0 Å². The zero-order valence-electron chi connectivity index (χ0n) is 30.3. The fourth-order valence-corrected chi connectivity index (χ4v) is 8.31. The second-order valence-corrected chi connectivity index (χ2v) is 14.3. The number of benzene rings is 8. The molecule has 6 nitrogen and oxygen atoms in total. The largest absolute Gasteiger partial charge is 0.455 e. The van der Waals surface area contributed by atoms with Gasteiger partial charge in [0.25, 0.3) is 0 Å². The topological polar surface area (TPSA) is 78.1 Å². The molecule has 0 bridgehead atoms. The van der Waals surface area contributed by atoms with Crippen LogP contribution in [0.15, 0.2) is 189 Å². The maximum Gasteiger partial charge on any atom is 0.167 e. The van der Waals surface area contributed by atoms with Gasteiger partial charge in [-0.2, -0.15) is 0 Å². The molecule has 0 aliphatic rings. The van der Waals surface area contributed by atoms with Crippen LogP contribution in [0.1, 0.15) is 0 Å². The van der Waals surface area contributed by atoms with Gasteiger partial charge in [0, 0.05) is 54.6 Å². The molecule has 0 spiro atoms. The molecule has 0 unspecified atom stereocenters. The fraction of sp³-hybridized carbons (Fsp3) is 0. The van der Waals surface area contributed by atoms with E-state index in [1.165, 1.54) is 0 Å². The summed E-state index contributed by atoms with van der Waals surface area (Å²) in [6.07, 6.45) is 0. The van der Waals surface area contributed by atoms with Gasteiger partial charge in [0.15, 0.2) is 17.5 Å². The zero-order chi connectivity index (χ0) is 37.5. The summed E-state index contributed by atoms with van der Waals surface area (Å²) in [4.78, 5) is 14.9. The van der Waals surface area contributed by atoms with E-state index in [1.807, 2.05) is 103 Å². The van der Waals surface area contributed by atoms with Crippen molar-refractivity contribution in [2.75, 3.05) is 0 Å². The molecule has 0 atom stereocenters. The monoisotopic (exact) mass is 731 g/mol. The highest BCUT2D eigenvalue weighted by molar-refractivity contribution is 6.19. The lowest BCUT2D eigenvalue weighted by Gasteiger charge is -2.09. The maximum atomic E-state index is 6.73. The molecule has 12 aromatic rings. The molecular weight excluding hydrogens is 703 g/mol. The number of hydrogen-bond donors (Lipinski definition) is 0. The minimum absolute atomic E-state index is 0.550. The van der Waals surface area contributed by atoms with Gasteiger partial charge in [-0.3, -0.25) is 0 Å². The Morgan fingerprint density at radius 3 is 1.49 bits per heavy atom. The van der Waals surface area contributed by atoms with Crippen LogP contribution in [-0.4, -0.2) is 15.0 Å². The van der Waals surface area contributed by atoms with Crippen LogP contribution in [0.4, 0.5) is 0 Å². The first-order chi connectivity index (χ1) is 28.2. The number of furan rings is 3. The van der Waals surface area contributed by atoms with E-state index in [9.17, 15) is 0 Å². The lowest BCUT2D eigenvalue weighted by Crippen LogP contribution is -2.00. The van der Waals surface area contributed by atoms with Gasteiger partial charge in [0.05, 0.1) is 5.56 Å². The quantitative estimate of drug-likeness (QED) is 0.175. The summed E-state index contributed by atoms with van der Waals surface area (Å²) in [5.74, 6) is 1.76. The Kier molecular flexibility index (Phi) is 6.83. The molecule has 0 saturated heterocycles. The fourth-order valence-electron chi connectivity index (χ4n) is 8.31. The third-order valence-electron chi connectivity index (χ3n) is 11.0. The first-order valence-corrected chi connectivity index (χ1v) is 18.9. The highest BCUT2D eigenvalue weighted by Crippen LogP contribution is 2.46. The number of aromatic nitrogens is 3. The molecule has 57 heavy (non-hydrogen) atoms. The van der Waals surface area contributed by atoms with Crippen LogP contribution in [0.2, 0.25) is 0 Å². The summed E-state index contributed by atoms with van der Waals surface area (Å²) in [6, 6.07) is 59.7. The van der Waals surface area contributed by atoms with Crippen molar-refractivity contribution < 1.29 is 13.3 Å². The van der Waals surface area contributed by atoms with Crippen LogP contribution in [0.3, 0.4) is 0 Å². The van der Waals surface area contributed by atoms with E-state index in [2.05, 4.69) is 72.8 Å². The van der Waals surface area contributed by atoms with E-state index in [0.29, 0.717) is 17.5 Å². The summed E-state index contributed by atoms with van der Waals surface area (Å²) in [5.41, 5.74) is 11.6. The smallest absolute Gasteiger partial charge is 0.167 e. The van der Waals surface area contributed by atoms with Crippen molar-refractivity contribution in [1.29, 1.82) is 0 Å². The number of hydrogen-bond acceptors (Lipinski definition) is 6. The Bertz CT molecular complexity index is 3470. The Balaban J connectivity index is 1.04. The average Bonchev–Trinajstić information content (AvgIpc) is 3.98. The predicted molar refractivity (Wildman–Crippen MR) is 229 cm³/mol. The highest BCUT2D eigenvalue weighted by atomic mass is 16.3. The predicted octanol–water partition coefficient (Wildman–Crippen LogP) is 13.9. The Hall–Kier alpha value is -7.83. The van der Waals surface area contributed by atoms with Gasteiger partial charge in [-0.1, -0.05) is 140 Å². The van der Waals surface area contributed by atoms with Gasteiger partial charge >= 0.3 is 0 Å². The van der Waals surface area contributed by atoms with Gasteiger partial charge in [0.2, 0.25) is 0 Å². The molecule has 0 saturated carbocycles. The summed E-state index contributed by atoms with van der Waals surface area (Å²) in [7, 11) is 0. The van der Waals surface area contributed by atoms with E-state index in [0.717, 1.165) is 105 Å². The van der Waals surface area contributed by atoms with E-state index in [1.54, 1.807) is 0 Å². The minimum atomic E-state index is 0.550. The lowest BCUT2D eigenvalue weighted by molar-refractivity contribution is 0.665. The first-order valence-electron chi connectivity index (χ1n) is 18.9. The maximum absolute atomic E-state index is 6.73. The number of para-hydroxylation sites is 4. The summed E-state index contributed by atoms with van der Waals surface area (Å²) in [5, 5.41) is 6.27. The van der Waals surface area contributed by atoms with Crippen molar-refractivity contribution in [1.82, 2.24) is 15.0 Å². The Morgan fingerprint density at radius 1 is 0.281 bits per heavy atom. The van der Waals surface area contributed by atoms with Crippen molar-refractivity contribution in [2.45, 2.75) is 0 Å². The SMILES string of the molecule is c1ccc(-c2nc(-c3ccccc3)nc(-c3cccc4c3oc3ccc(-c5ccc(-c6cccc7c6oc6ccccc67)c6oc7ccccc7c56)cc34)n2)cc1.